The van der Waals surface area contributed by atoms with Crippen LogP contribution in [0.3, 0.4) is 0 Å². The van der Waals surface area contributed by atoms with E-state index in [2.05, 4.69) is 5.92 Å². The van der Waals surface area contributed by atoms with Gasteiger partial charge in [-0.1, -0.05) is 5.92 Å². The van der Waals surface area contributed by atoms with Gasteiger partial charge in [0.2, 0.25) is 5.91 Å². The van der Waals surface area contributed by atoms with E-state index in [1.54, 1.807) is 0 Å². The van der Waals surface area contributed by atoms with Crippen molar-refractivity contribution in [2.45, 2.75) is 18.9 Å². The van der Waals surface area contributed by atoms with Gasteiger partial charge in [-0.2, -0.15) is 0 Å². The van der Waals surface area contributed by atoms with Gasteiger partial charge < -0.3 is 4.90 Å². The quantitative estimate of drug-likeness (QED) is 0.540. The van der Waals surface area contributed by atoms with Gasteiger partial charge in [0, 0.05) is 18.3 Å². The Morgan fingerprint density at radius 2 is 2.25 bits per heavy atom. The Hall–Kier alpha value is -0.730. The Morgan fingerprint density at radius 1 is 1.56 bits per heavy atom. The second kappa shape index (κ2) is 5.55. The van der Waals surface area contributed by atoms with Crippen LogP contribution in [0.15, 0.2) is 0 Å². The first-order valence-electron chi connectivity index (χ1n) is 4.99. The molecule has 0 spiro atoms. The molecule has 6 heteroatoms. The number of sulfone groups is 1. The molecule has 0 bridgehead atoms. The molecule has 1 atom stereocenters. The Kier molecular flexibility index (Phi) is 4.63. The fourth-order valence-electron chi connectivity index (χ4n) is 1.76. The van der Waals surface area contributed by atoms with E-state index in [4.69, 9.17) is 18.0 Å². The standard InChI is InChI=1S/C10H14ClNO3S/c1-2-6-12(10(13)3-5-11)9-4-7-16(14,15)8-9/h1,9H,3-8H2. The molecule has 1 heterocycles. The Morgan fingerprint density at radius 3 is 2.69 bits per heavy atom. The van der Waals surface area contributed by atoms with Crippen LogP contribution in [0.1, 0.15) is 12.8 Å². The van der Waals surface area contributed by atoms with Crippen molar-refractivity contribution in [2.24, 2.45) is 0 Å². The zero-order chi connectivity index (χ0) is 12.2. The van der Waals surface area contributed by atoms with Gasteiger partial charge in [-0.3, -0.25) is 4.79 Å². The van der Waals surface area contributed by atoms with Crippen LogP contribution in [-0.2, 0) is 14.6 Å². The molecule has 4 nitrogen and oxygen atoms in total. The predicted molar refractivity (Wildman–Crippen MR) is 62.9 cm³/mol. The predicted octanol–water partition coefficient (Wildman–Crippen LogP) is 0.264. The van der Waals surface area contributed by atoms with Crippen LogP contribution >= 0.6 is 11.6 Å². The van der Waals surface area contributed by atoms with Crippen LogP contribution in [0.4, 0.5) is 0 Å². The van der Waals surface area contributed by atoms with Crippen LogP contribution in [0.25, 0.3) is 0 Å². The molecule has 0 aliphatic carbocycles. The van der Waals surface area contributed by atoms with Crippen LogP contribution < -0.4 is 0 Å². The number of hydrogen-bond donors (Lipinski definition) is 0. The van der Waals surface area contributed by atoms with E-state index in [9.17, 15) is 13.2 Å². The smallest absolute Gasteiger partial charge is 0.224 e. The molecular formula is C10H14ClNO3S. The van der Waals surface area contributed by atoms with Gasteiger partial charge in [0.05, 0.1) is 18.1 Å². The molecule has 1 rings (SSSR count). The number of carbonyl (C=O) groups excluding carboxylic acids is 1. The van der Waals surface area contributed by atoms with E-state index in [0.29, 0.717) is 6.42 Å². The lowest BCUT2D eigenvalue weighted by molar-refractivity contribution is -0.131. The molecule has 1 saturated heterocycles. The third-order valence-corrected chi connectivity index (χ3v) is 4.48. The SMILES string of the molecule is C#CCN(C(=O)CCCl)C1CCS(=O)(=O)C1. The number of rotatable bonds is 4. The highest BCUT2D eigenvalue weighted by Gasteiger charge is 2.33. The molecule has 0 aromatic heterocycles. The number of alkyl halides is 1. The fourth-order valence-corrected chi connectivity index (χ4v) is 3.66. The maximum Gasteiger partial charge on any atom is 0.224 e. The highest BCUT2D eigenvalue weighted by molar-refractivity contribution is 7.91. The third-order valence-electron chi connectivity index (χ3n) is 2.54. The average Bonchev–Trinajstić information content (AvgIpc) is 2.55. The van der Waals surface area contributed by atoms with Crippen LogP contribution in [0, 0.1) is 12.3 Å². The Bertz CT molecular complexity index is 399. The number of terminal acetylenes is 1. The Balaban J connectivity index is 2.72. The molecule has 1 aliphatic rings. The molecule has 1 fully saturated rings. The van der Waals surface area contributed by atoms with Gasteiger partial charge in [0.25, 0.3) is 0 Å². The van der Waals surface area contributed by atoms with E-state index in [-0.39, 0.29) is 42.3 Å². The number of nitrogens with zero attached hydrogens (tertiary/aromatic N) is 1. The number of halogens is 1. The minimum Gasteiger partial charge on any atom is -0.327 e. The van der Waals surface area contributed by atoms with Crippen molar-refractivity contribution in [3.05, 3.63) is 0 Å². The lowest BCUT2D eigenvalue weighted by Crippen LogP contribution is -2.41. The summed E-state index contributed by atoms with van der Waals surface area (Å²) in [5, 5.41) is 0. The average molecular weight is 264 g/mol. The second-order valence-electron chi connectivity index (χ2n) is 3.72. The monoisotopic (exact) mass is 263 g/mol. The summed E-state index contributed by atoms with van der Waals surface area (Å²) in [7, 11) is -3.00. The number of hydrogen-bond acceptors (Lipinski definition) is 3. The van der Waals surface area contributed by atoms with Crippen LogP contribution in [-0.4, -0.2) is 49.2 Å². The molecule has 1 aliphatic heterocycles. The summed E-state index contributed by atoms with van der Waals surface area (Å²) in [6.45, 7) is 0.149. The molecule has 1 amide bonds. The summed E-state index contributed by atoms with van der Waals surface area (Å²) in [5.41, 5.74) is 0. The largest absolute Gasteiger partial charge is 0.327 e. The van der Waals surface area contributed by atoms with Crippen LogP contribution in [0.2, 0.25) is 0 Å². The first-order chi connectivity index (χ1) is 7.50. The lowest BCUT2D eigenvalue weighted by Gasteiger charge is -2.25. The van der Waals surface area contributed by atoms with E-state index in [1.165, 1.54) is 4.90 Å². The van der Waals surface area contributed by atoms with Gasteiger partial charge >= 0.3 is 0 Å². The summed E-state index contributed by atoms with van der Waals surface area (Å²) in [6, 6.07) is -0.281. The molecule has 0 N–H and O–H groups in total. The van der Waals surface area contributed by atoms with Gasteiger partial charge in [-0.05, 0) is 6.42 Å². The molecule has 90 valence electrons. The van der Waals surface area contributed by atoms with Gasteiger partial charge in [-0.15, -0.1) is 18.0 Å². The normalized spacial score (nSPS) is 22.6. The summed E-state index contributed by atoms with van der Waals surface area (Å²) in [5.74, 6) is 2.58. The number of carbonyl (C=O) groups is 1. The van der Waals surface area contributed by atoms with Gasteiger partial charge in [-0.25, -0.2) is 8.42 Å². The van der Waals surface area contributed by atoms with Crippen molar-refractivity contribution in [2.75, 3.05) is 23.9 Å². The van der Waals surface area contributed by atoms with Crippen molar-refractivity contribution < 1.29 is 13.2 Å². The minimum absolute atomic E-state index is 0.0166. The van der Waals surface area contributed by atoms with Crippen LogP contribution in [0.5, 0.6) is 0 Å². The van der Waals surface area contributed by atoms with Crippen molar-refractivity contribution >= 4 is 27.3 Å². The summed E-state index contributed by atoms with van der Waals surface area (Å²) < 4.78 is 22.6. The summed E-state index contributed by atoms with van der Waals surface area (Å²) >= 11 is 5.49. The highest BCUT2D eigenvalue weighted by atomic mass is 35.5. The summed E-state index contributed by atoms with van der Waals surface area (Å²) in [6.07, 6.45) is 5.84. The van der Waals surface area contributed by atoms with Crippen molar-refractivity contribution in [1.82, 2.24) is 4.90 Å². The molecule has 0 aromatic carbocycles. The summed E-state index contributed by atoms with van der Waals surface area (Å²) in [4.78, 5) is 13.1. The van der Waals surface area contributed by atoms with E-state index in [1.807, 2.05) is 0 Å². The number of amides is 1. The minimum atomic E-state index is -3.00. The second-order valence-corrected chi connectivity index (χ2v) is 6.33. The maximum absolute atomic E-state index is 11.7. The molecule has 0 radical (unpaired) electrons. The topological polar surface area (TPSA) is 54.5 Å². The van der Waals surface area contributed by atoms with E-state index in [0.717, 1.165) is 0 Å². The third kappa shape index (κ3) is 3.39. The maximum atomic E-state index is 11.7. The molecule has 0 saturated carbocycles. The van der Waals surface area contributed by atoms with Crippen molar-refractivity contribution in [3.8, 4) is 12.3 Å². The van der Waals surface area contributed by atoms with Crippen molar-refractivity contribution in [1.29, 1.82) is 0 Å². The first-order valence-corrected chi connectivity index (χ1v) is 7.35. The molecular weight excluding hydrogens is 250 g/mol. The highest BCUT2D eigenvalue weighted by Crippen LogP contribution is 2.18. The zero-order valence-electron chi connectivity index (χ0n) is 8.86. The van der Waals surface area contributed by atoms with Crippen molar-refractivity contribution in [3.63, 3.8) is 0 Å². The fraction of sp³-hybridized carbons (Fsp3) is 0.700. The van der Waals surface area contributed by atoms with Gasteiger partial charge in [0.15, 0.2) is 9.84 Å². The zero-order valence-corrected chi connectivity index (χ0v) is 10.4. The first kappa shape index (κ1) is 13.3. The van der Waals surface area contributed by atoms with E-state index < -0.39 is 9.84 Å². The molecule has 0 aromatic rings. The van der Waals surface area contributed by atoms with E-state index >= 15 is 0 Å². The Labute approximate surface area is 101 Å². The van der Waals surface area contributed by atoms with Gasteiger partial charge in [0.1, 0.15) is 0 Å². The lowest BCUT2D eigenvalue weighted by atomic mass is 10.2. The molecule has 1 unspecified atom stereocenters. The molecule has 16 heavy (non-hydrogen) atoms.